The van der Waals surface area contributed by atoms with Crippen LogP contribution in [-0.4, -0.2) is 87.5 Å². The molecule has 480 valence electrons. The van der Waals surface area contributed by atoms with Gasteiger partial charge in [0.2, 0.25) is 5.91 Å². The third-order valence-corrected chi connectivity index (χ3v) is 16.1. The van der Waals surface area contributed by atoms with Gasteiger partial charge in [0.05, 0.1) is 25.4 Å². The molecule has 1 aliphatic heterocycles. The van der Waals surface area contributed by atoms with Gasteiger partial charge < -0.3 is 40.3 Å². The lowest BCUT2D eigenvalue weighted by Gasteiger charge is -2.40. The second kappa shape index (κ2) is 62.2. The number of aliphatic hydroxyl groups is 5. The zero-order chi connectivity index (χ0) is 60.0. The zero-order valence-electron chi connectivity index (χ0n) is 53.7. The first-order chi connectivity index (χ1) is 40.8. The van der Waals surface area contributed by atoms with Crippen molar-refractivity contribution in [3.63, 3.8) is 0 Å². The highest BCUT2D eigenvalue weighted by atomic mass is 16.7. The molecule has 7 atom stereocenters. The van der Waals surface area contributed by atoms with Gasteiger partial charge >= 0.3 is 0 Å². The molecule has 1 aliphatic rings. The van der Waals surface area contributed by atoms with Crippen LogP contribution in [0.4, 0.5) is 0 Å². The average Bonchev–Trinajstić information content (AvgIpc) is 3.60. The summed E-state index contributed by atoms with van der Waals surface area (Å²) in [6, 6.07) is -0.833. The molecule has 0 radical (unpaired) electrons. The maximum Gasteiger partial charge on any atom is 0.220 e. The molecule has 0 saturated carbocycles. The highest BCUT2D eigenvalue weighted by molar-refractivity contribution is 5.76. The second-order valence-electron chi connectivity index (χ2n) is 23.9. The second-order valence-corrected chi connectivity index (χ2v) is 23.9. The summed E-state index contributed by atoms with van der Waals surface area (Å²) in [4.78, 5) is 13.1. The molecule has 7 unspecified atom stereocenters. The fourth-order valence-electron chi connectivity index (χ4n) is 10.7. The van der Waals surface area contributed by atoms with Crippen molar-refractivity contribution in [3.8, 4) is 0 Å². The lowest BCUT2D eigenvalue weighted by atomic mass is 9.99. The largest absolute Gasteiger partial charge is 0.394 e. The highest BCUT2D eigenvalue weighted by Gasteiger charge is 2.44. The molecule has 0 aromatic carbocycles. The van der Waals surface area contributed by atoms with E-state index in [1.54, 1.807) is 6.08 Å². The molecule has 9 nitrogen and oxygen atoms in total. The van der Waals surface area contributed by atoms with Crippen LogP contribution in [0, 0.1) is 0 Å². The van der Waals surface area contributed by atoms with E-state index in [-0.39, 0.29) is 12.5 Å². The topological polar surface area (TPSA) is 149 Å². The summed E-state index contributed by atoms with van der Waals surface area (Å²) in [7, 11) is 0. The van der Waals surface area contributed by atoms with Crippen LogP contribution < -0.4 is 5.32 Å². The number of rotatable bonds is 60. The van der Waals surface area contributed by atoms with Crippen molar-refractivity contribution < 1.29 is 39.8 Å². The van der Waals surface area contributed by atoms with Gasteiger partial charge in [0, 0.05) is 6.42 Å². The lowest BCUT2D eigenvalue weighted by Crippen LogP contribution is -2.60. The minimum Gasteiger partial charge on any atom is -0.394 e. The first-order valence-electron chi connectivity index (χ1n) is 35.0. The van der Waals surface area contributed by atoms with Gasteiger partial charge in [-0.3, -0.25) is 4.79 Å². The third-order valence-electron chi connectivity index (χ3n) is 16.1. The number of ether oxygens (including phenoxy) is 2. The molecule has 0 aromatic heterocycles. The van der Waals surface area contributed by atoms with Crippen LogP contribution in [0.25, 0.3) is 0 Å². The van der Waals surface area contributed by atoms with Crippen LogP contribution in [0.15, 0.2) is 97.2 Å². The van der Waals surface area contributed by atoms with Gasteiger partial charge in [-0.15, -0.1) is 0 Å². The van der Waals surface area contributed by atoms with Crippen LogP contribution >= 0.6 is 0 Å². The van der Waals surface area contributed by atoms with Gasteiger partial charge in [0.1, 0.15) is 24.4 Å². The molecule has 1 amide bonds. The summed E-state index contributed by atoms with van der Waals surface area (Å²) < 4.78 is 11.3. The first-order valence-corrected chi connectivity index (χ1v) is 35.0. The summed E-state index contributed by atoms with van der Waals surface area (Å²) in [5.41, 5.74) is 0. The predicted molar refractivity (Wildman–Crippen MR) is 355 cm³/mol. The Kier molecular flexibility index (Phi) is 58.5. The van der Waals surface area contributed by atoms with Crippen molar-refractivity contribution in [2.24, 2.45) is 0 Å². The number of carbonyl (C=O) groups is 1. The van der Waals surface area contributed by atoms with E-state index in [1.165, 1.54) is 199 Å². The molecule has 1 saturated heterocycles. The minimum atomic E-state index is -1.58. The molecule has 9 heteroatoms. The molecule has 1 fully saturated rings. The van der Waals surface area contributed by atoms with E-state index in [4.69, 9.17) is 9.47 Å². The Labute approximate surface area is 511 Å². The van der Waals surface area contributed by atoms with Crippen LogP contribution in [0.1, 0.15) is 309 Å². The van der Waals surface area contributed by atoms with Gasteiger partial charge in [-0.05, 0) is 83.5 Å². The number of hydrogen-bond donors (Lipinski definition) is 6. The van der Waals surface area contributed by atoms with E-state index in [2.05, 4.69) is 104 Å². The summed E-state index contributed by atoms with van der Waals surface area (Å²) in [6.45, 7) is 3.68. The Morgan fingerprint density at radius 1 is 0.422 bits per heavy atom. The maximum absolute atomic E-state index is 13.1. The van der Waals surface area contributed by atoms with Crippen molar-refractivity contribution in [1.82, 2.24) is 5.32 Å². The highest BCUT2D eigenvalue weighted by Crippen LogP contribution is 2.23. The summed E-state index contributed by atoms with van der Waals surface area (Å²) in [5, 5.41) is 54.7. The van der Waals surface area contributed by atoms with Crippen LogP contribution in [0.3, 0.4) is 0 Å². The molecule has 0 spiro atoms. The standard InChI is InChI=1S/C74H131NO8/c1-3-5-7-9-11-13-15-17-19-21-23-25-27-29-31-33-34-36-37-39-41-43-45-47-49-51-53-55-57-59-61-63-68(77)67(66-82-74-73(81)72(80)71(79)69(65-76)83-74)75-70(78)64-62-60-58-56-54-52-50-48-46-44-42-40-38-35-32-30-28-26-24-22-20-18-16-14-12-10-8-6-4-2/h6,8,12,14,18,20,24,26,30,32,38,40,53,55,61,63,67-69,71-74,76-77,79-81H,3-5,7,9-11,13,15-17,19,21-23,25,27-29,31,33-37,39,41-52,54,56-60,62,64-66H2,1-2H3,(H,75,78)/b8-6-,14-12-,20-18-,26-24-,32-30-,40-38-,55-53+,63-61+. The Bertz CT molecular complexity index is 1630. The molecule has 83 heavy (non-hydrogen) atoms. The fraction of sp³-hybridized carbons (Fsp3) is 0.770. The van der Waals surface area contributed by atoms with Crippen molar-refractivity contribution in [3.05, 3.63) is 97.2 Å². The summed E-state index contributed by atoms with van der Waals surface area (Å²) in [6.07, 6.45) is 83.7. The van der Waals surface area contributed by atoms with Crippen LogP contribution in [0.5, 0.6) is 0 Å². The van der Waals surface area contributed by atoms with E-state index in [1.807, 2.05) is 6.08 Å². The minimum absolute atomic E-state index is 0.192. The summed E-state index contributed by atoms with van der Waals surface area (Å²) in [5.74, 6) is -0.192. The van der Waals surface area contributed by atoms with Gasteiger partial charge in [0.15, 0.2) is 6.29 Å². The number of unbranched alkanes of at least 4 members (excludes halogenated alkanes) is 36. The maximum atomic E-state index is 13.1. The van der Waals surface area contributed by atoms with E-state index in [0.29, 0.717) is 6.42 Å². The van der Waals surface area contributed by atoms with Crippen molar-refractivity contribution in [2.75, 3.05) is 13.2 Å². The Hall–Kier alpha value is -2.89. The Balaban J connectivity index is 2.17. The lowest BCUT2D eigenvalue weighted by molar-refractivity contribution is -0.302. The molecular formula is C74H131NO8. The Morgan fingerprint density at radius 3 is 1.16 bits per heavy atom. The number of carbonyl (C=O) groups excluding carboxylic acids is 1. The third kappa shape index (κ3) is 50.9. The van der Waals surface area contributed by atoms with Gasteiger partial charge in [-0.25, -0.2) is 0 Å². The van der Waals surface area contributed by atoms with E-state index >= 15 is 0 Å². The monoisotopic (exact) mass is 1160 g/mol. The molecule has 1 heterocycles. The van der Waals surface area contributed by atoms with Crippen molar-refractivity contribution in [1.29, 1.82) is 0 Å². The number of amides is 1. The molecule has 6 N–H and O–H groups in total. The van der Waals surface area contributed by atoms with Gasteiger partial charge in [-0.2, -0.15) is 0 Å². The average molecular weight is 1160 g/mol. The molecule has 0 bridgehead atoms. The van der Waals surface area contributed by atoms with E-state index in [9.17, 15) is 30.3 Å². The SMILES string of the molecule is CC/C=C\C/C=C\C/C=C\C/C=C\C/C=C\C/C=C\CCCCCCCCCCCCC(=O)NC(COC1OC(CO)C(O)C(O)C1O)C(O)/C=C/CC/C=C/CCCCCCCCCCCCCCCCCCCCCCCCCCC. The van der Waals surface area contributed by atoms with Crippen LogP contribution in [-0.2, 0) is 14.3 Å². The Morgan fingerprint density at radius 2 is 0.759 bits per heavy atom. The smallest absolute Gasteiger partial charge is 0.220 e. The number of hydrogen-bond acceptors (Lipinski definition) is 8. The normalized spacial score (nSPS) is 18.9. The molecule has 1 rings (SSSR count). The quantitative estimate of drug-likeness (QED) is 0.0261. The number of aliphatic hydroxyl groups excluding tert-OH is 5. The predicted octanol–water partition coefficient (Wildman–Crippen LogP) is 19.1. The van der Waals surface area contributed by atoms with Gasteiger partial charge in [-0.1, -0.05) is 317 Å². The van der Waals surface area contributed by atoms with Gasteiger partial charge in [0.25, 0.3) is 0 Å². The van der Waals surface area contributed by atoms with Crippen molar-refractivity contribution >= 4 is 5.91 Å². The van der Waals surface area contributed by atoms with E-state index < -0.39 is 49.5 Å². The van der Waals surface area contributed by atoms with Crippen LogP contribution in [0.2, 0.25) is 0 Å². The first kappa shape index (κ1) is 78.1. The molecule has 0 aromatic rings. The van der Waals surface area contributed by atoms with E-state index in [0.717, 1.165) is 89.9 Å². The summed E-state index contributed by atoms with van der Waals surface area (Å²) >= 11 is 0. The molecular weight excluding hydrogens is 1030 g/mol. The zero-order valence-corrected chi connectivity index (χ0v) is 53.7. The van der Waals surface area contributed by atoms with Crippen molar-refractivity contribution in [2.45, 2.75) is 352 Å². The fourth-order valence-corrected chi connectivity index (χ4v) is 10.7. The molecule has 0 aliphatic carbocycles. The number of nitrogens with one attached hydrogen (secondary N) is 1. The number of allylic oxidation sites excluding steroid dienone is 15.